The Bertz CT molecular complexity index is 510. The van der Waals surface area contributed by atoms with E-state index in [0.717, 1.165) is 18.2 Å². The van der Waals surface area contributed by atoms with E-state index in [1.807, 2.05) is 0 Å². The molecule has 0 aliphatic heterocycles. The number of hydrogen-bond acceptors (Lipinski definition) is 3. The number of hydrogen-bond donors (Lipinski definition) is 1. The Morgan fingerprint density at radius 3 is 2.50 bits per heavy atom. The van der Waals surface area contributed by atoms with Crippen LogP contribution in [0.1, 0.15) is 5.56 Å². The molecule has 0 aliphatic carbocycles. The summed E-state index contributed by atoms with van der Waals surface area (Å²) in [7, 11) is -3.98. The van der Waals surface area contributed by atoms with Gasteiger partial charge in [-0.25, -0.2) is 17.2 Å². The Hall–Kier alpha value is -1.50. The molecule has 4 nitrogen and oxygen atoms in total. The molecule has 7 heteroatoms. The van der Waals surface area contributed by atoms with Crippen LogP contribution in [0.3, 0.4) is 0 Å². The summed E-state index contributed by atoms with van der Waals surface area (Å²) < 4.78 is 48.2. The Morgan fingerprint density at radius 2 is 1.94 bits per heavy atom. The fourth-order valence-corrected chi connectivity index (χ4v) is 2.31. The molecule has 16 heavy (non-hydrogen) atoms. The Labute approximate surface area is 90.4 Å². The molecular formula is C9H8F2O4S. The largest absolute Gasteiger partial charge is 0.480 e. The standard InChI is InChI=1S/C9H8F2O4S/c10-7-3-1-2-6(9(7)11)4-16(14,15)5-8(12)13/h1-3H,4-5H2,(H,12,13). The summed E-state index contributed by atoms with van der Waals surface area (Å²) in [5.74, 6) is -5.90. The van der Waals surface area contributed by atoms with Gasteiger partial charge in [0.25, 0.3) is 0 Å². The van der Waals surface area contributed by atoms with Crippen LogP contribution >= 0.6 is 0 Å². The number of sulfone groups is 1. The van der Waals surface area contributed by atoms with Crippen molar-refractivity contribution in [2.45, 2.75) is 5.75 Å². The van der Waals surface area contributed by atoms with Gasteiger partial charge < -0.3 is 5.11 Å². The topological polar surface area (TPSA) is 71.4 Å². The summed E-state index contributed by atoms with van der Waals surface area (Å²) in [5.41, 5.74) is -0.374. The van der Waals surface area contributed by atoms with E-state index < -0.39 is 38.9 Å². The third-order valence-electron chi connectivity index (χ3n) is 1.75. The van der Waals surface area contributed by atoms with Crippen LogP contribution < -0.4 is 0 Å². The highest BCUT2D eigenvalue weighted by Gasteiger charge is 2.19. The number of aliphatic carboxylic acids is 1. The smallest absolute Gasteiger partial charge is 0.318 e. The van der Waals surface area contributed by atoms with E-state index in [9.17, 15) is 22.0 Å². The summed E-state index contributed by atoms with van der Waals surface area (Å²) in [5, 5.41) is 8.30. The van der Waals surface area contributed by atoms with Crippen LogP contribution in [-0.2, 0) is 20.4 Å². The molecule has 0 aliphatic rings. The summed E-state index contributed by atoms with van der Waals surface area (Å²) in [6.45, 7) is 0. The predicted molar refractivity (Wildman–Crippen MR) is 51.5 cm³/mol. The number of carbonyl (C=O) groups is 1. The van der Waals surface area contributed by atoms with Crippen LogP contribution in [0.4, 0.5) is 8.78 Å². The van der Waals surface area contributed by atoms with Gasteiger partial charge in [-0.15, -0.1) is 0 Å². The van der Waals surface area contributed by atoms with Crippen molar-refractivity contribution in [3.63, 3.8) is 0 Å². The number of halogens is 2. The Balaban J connectivity index is 2.97. The van der Waals surface area contributed by atoms with Crippen LogP contribution in [0.5, 0.6) is 0 Å². The lowest BCUT2D eigenvalue weighted by Crippen LogP contribution is -2.17. The van der Waals surface area contributed by atoms with Crippen molar-refractivity contribution in [2.75, 3.05) is 5.75 Å². The van der Waals surface area contributed by atoms with Gasteiger partial charge in [-0.3, -0.25) is 4.79 Å². The van der Waals surface area contributed by atoms with Gasteiger partial charge in [0.2, 0.25) is 0 Å². The molecule has 88 valence electrons. The fourth-order valence-electron chi connectivity index (χ4n) is 1.14. The highest BCUT2D eigenvalue weighted by atomic mass is 32.2. The lowest BCUT2D eigenvalue weighted by atomic mass is 10.2. The number of benzene rings is 1. The normalized spacial score (nSPS) is 11.4. The maximum absolute atomic E-state index is 13.1. The maximum Gasteiger partial charge on any atom is 0.318 e. The third kappa shape index (κ3) is 3.27. The fraction of sp³-hybridized carbons (Fsp3) is 0.222. The Kier molecular flexibility index (Phi) is 3.58. The lowest BCUT2D eigenvalue weighted by Gasteiger charge is -2.03. The summed E-state index contributed by atoms with van der Waals surface area (Å²) in [6, 6.07) is 3.10. The molecule has 0 saturated heterocycles. The molecule has 0 unspecified atom stereocenters. The Morgan fingerprint density at radius 1 is 1.31 bits per heavy atom. The minimum Gasteiger partial charge on any atom is -0.480 e. The molecule has 0 heterocycles. The molecule has 1 aromatic carbocycles. The van der Waals surface area contributed by atoms with Gasteiger partial charge in [0.05, 0.1) is 5.75 Å². The van der Waals surface area contributed by atoms with Gasteiger partial charge in [-0.2, -0.15) is 0 Å². The number of carboxylic acids is 1. The number of carboxylic acid groups (broad SMARTS) is 1. The van der Waals surface area contributed by atoms with Crippen molar-refractivity contribution in [1.82, 2.24) is 0 Å². The third-order valence-corrected chi connectivity index (χ3v) is 3.19. The zero-order valence-electron chi connectivity index (χ0n) is 7.98. The molecule has 0 atom stereocenters. The van der Waals surface area contributed by atoms with Crippen molar-refractivity contribution < 1.29 is 27.1 Å². The van der Waals surface area contributed by atoms with Crippen molar-refractivity contribution in [1.29, 1.82) is 0 Å². The van der Waals surface area contributed by atoms with E-state index in [4.69, 9.17) is 5.11 Å². The SMILES string of the molecule is O=C(O)CS(=O)(=O)Cc1cccc(F)c1F. The van der Waals surface area contributed by atoms with Gasteiger partial charge in [-0.05, 0) is 6.07 Å². The minimum absolute atomic E-state index is 0.374. The summed E-state index contributed by atoms with van der Waals surface area (Å²) >= 11 is 0. The van der Waals surface area contributed by atoms with Crippen molar-refractivity contribution in [2.24, 2.45) is 0 Å². The first-order chi connectivity index (χ1) is 7.32. The molecule has 0 spiro atoms. The van der Waals surface area contributed by atoms with Crippen LogP contribution in [-0.4, -0.2) is 25.2 Å². The highest BCUT2D eigenvalue weighted by molar-refractivity contribution is 7.91. The monoisotopic (exact) mass is 250 g/mol. The second kappa shape index (κ2) is 4.56. The van der Waals surface area contributed by atoms with E-state index in [0.29, 0.717) is 0 Å². The lowest BCUT2D eigenvalue weighted by molar-refractivity contribution is -0.134. The molecule has 0 radical (unpaired) electrons. The summed E-state index contributed by atoms with van der Waals surface area (Å²) in [6.07, 6.45) is 0. The second-order valence-corrected chi connectivity index (χ2v) is 5.20. The molecule has 1 aromatic rings. The van der Waals surface area contributed by atoms with Crippen LogP contribution in [0, 0.1) is 11.6 Å². The molecule has 0 saturated carbocycles. The van der Waals surface area contributed by atoms with Crippen LogP contribution in [0.15, 0.2) is 18.2 Å². The average molecular weight is 250 g/mol. The van der Waals surface area contributed by atoms with Gasteiger partial charge in [-0.1, -0.05) is 12.1 Å². The molecule has 0 aromatic heterocycles. The molecular weight excluding hydrogens is 242 g/mol. The van der Waals surface area contributed by atoms with Crippen molar-refractivity contribution >= 4 is 15.8 Å². The molecule has 0 bridgehead atoms. The van der Waals surface area contributed by atoms with Gasteiger partial charge >= 0.3 is 5.97 Å². The minimum atomic E-state index is -3.98. The van der Waals surface area contributed by atoms with Crippen LogP contribution in [0.2, 0.25) is 0 Å². The zero-order valence-corrected chi connectivity index (χ0v) is 8.80. The quantitative estimate of drug-likeness (QED) is 0.864. The zero-order chi connectivity index (χ0) is 12.3. The van der Waals surface area contributed by atoms with E-state index in [1.165, 1.54) is 0 Å². The average Bonchev–Trinajstić information content (AvgIpc) is 2.10. The second-order valence-electron chi connectivity index (χ2n) is 3.14. The first-order valence-electron chi connectivity index (χ1n) is 4.17. The predicted octanol–water partition coefficient (Wildman–Crippen LogP) is 0.964. The highest BCUT2D eigenvalue weighted by Crippen LogP contribution is 2.14. The van der Waals surface area contributed by atoms with Crippen LogP contribution in [0.25, 0.3) is 0 Å². The first-order valence-corrected chi connectivity index (χ1v) is 5.99. The van der Waals surface area contributed by atoms with Gasteiger partial charge in [0, 0.05) is 5.56 Å². The van der Waals surface area contributed by atoms with Gasteiger partial charge in [0.15, 0.2) is 21.5 Å². The molecule has 1 N–H and O–H groups in total. The van der Waals surface area contributed by atoms with Crippen molar-refractivity contribution in [3.8, 4) is 0 Å². The number of rotatable bonds is 4. The molecule has 1 rings (SSSR count). The molecule has 0 fully saturated rings. The van der Waals surface area contributed by atoms with E-state index >= 15 is 0 Å². The maximum atomic E-state index is 13.1. The van der Waals surface area contributed by atoms with Gasteiger partial charge in [0.1, 0.15) is 5.75 Å². The first kappa shape index (κ1) is 12.6. The van der Waals surface area contributed by atoms with E-state index in [2.05, 4.69) is 0 Å². The summed E-state index contributed by atoms with van der Waals surface area (Å²) in [4.78, 5) is 10.2. The van der Waals surface area contributed by atoms with Crippen molar-refractivity contribution in [3.05, 3.63) is 35.4 Å². The van der Waals surface area contributed by atoms with E-state index in [-0.39, 0.29) is 5.56 Å². The van der Waals surface area contributed by atoms with E-state index in [1.54, 1.807) is 0 Å². The molecule has 0 amide bonds.